The van der Waals surface area contributed by atoms with Gasteiger partial charge in [-0.05, 0) is 38.1 Å². The van der Waals surface area contributed by atoms with Crippen LogP contribution in [0.1, 0.15) is 31.4 Å². The molecule has 0 aliphatic carbocycles. The molecule has 0 unspecified atom stereocenters. The summed E-state index contributed by atoms with van der Waals surface area (Å²) < 4.78 is 0. The fourth-order valence-corrected chi connectivity index (χ4v) is 1.21. The summed E-state index contributed by atoms with van der Waals surface area (Å²) in [4.78, 5) is 0. The highest BCUT2D eigenvalue weighted by atomic mass is 14.8. The summed E-state index contributed by atoms with van der Waals surface area (Å²) in [5.41, 5.74) is 2.65. The first kappa shape index (κ1) is 13.9. The molecule has 1 aromatic carbocycles. The quantitative estimate of drug-likeness (QED) is 0.740. The molecule has 1 N–H and O–H groups in total. The van der Waals surface area contributed by atoms with Gasteiger partial charge >= 0.3 is 0 Å². The molecule has 84 valence electrons. The smallest absolute Gasteiger partial charge is 0.00172 e. The molecular weight excluding hydrogens is 182 g/mol. The van der Waals surface area contributed by atoms with Crippen LogP contribution in [0.5, 0.6) is 0 Å². The van der Waals surface area contributed by atoms with E-state index in [1.54, 1.807) is 0 Å². The third kappa shape index (κ3) is 6.08. The summed E-state index contributed by atoms with van der Waals surface area (Å²) in [5, 5.41) is 3.12. The molecule has 0 amide bonds. The summed E-state index contributed by atoms with van der Waals surface area (Å²) in [6.45, 7) is 7.18. The van der Waals surface area contributed by atoms with Crippen molar-refractivity contribution < 1.29 is 0 Å². The maximum Gasteiger partial charge on any atom is -0.00172 e. The Balaban J connectivity index is 0.000000921. The molecule has 0 saturated carbocycles. The van der Waals surface area contributed by atoms with E-state index in [4.69, 9.17) is 0 Å². The van der Waals surface area contributed by atoms with Crippen LogP contribution < -0.4 is 5.32 Å². The van der Waals surface area contributed by atoms with Crippen LogP contribution >= 0.6 is 0 Å². The molecule has 0 aliphatic rings. The van der Waals surface area contributed by atoms with Gasteiger partial charge in [-0.15, -0.1) is 0 Å². The third-order valence-electron chi connectivity index (χ3n) is 2.05. The minimum atomic E-state index is 1.04. The minimum absolute atomic E-state index is 1.04. The molecule has 0 saturated heterocycles. The molecule has 0 bridgehead atoms. The van der Waals surface area contributed by atoms with E-state index in [2.05, 4.69) is 48.7 Å². The lowest BCUT2D eigenvalue weighted by molar-refractivity contribution is 0.809. The van der Waals surface area contributed by atoms with E-state index < -0.39 is 0 Å². The van der Waals surface area contributed by atoms with Crippen molar-refractivity contribution in [1.29, 1.82) is 0 Å². The first-order valence-electron chi connectivity index (χ1n) is 5.71. The van der Waals surface area contributed by atoms with E-state index in [1.807, 2.05) is 20.9 Å². The first-order chi connectivity index (χ1) is 7.34. The second-order valence-corrected chi connectivity index (χ2v) is 3.15. The van der Waals surface area contributed by atoms with E-state index in [0.717, 1.165) is 13.0 Å². The first-order valence-corrected chi connectivity index (χ1v) is 5.71. The number of aryl methyl sites for hydroxylation is 1. The summed E-state index contributed by atoms with van der Waals surface area (Å²) in [7, 11) is 1.97. The fraction of sp³-hybridized carbons (Fsp3) is 0.429. The van der Waals surface area contributed by atoms with Crippen molar-refractivity contribution in [3.63, 3.8) is 0 Å². The van der Waals surface area contributed by atoms with Crippen LogP contribution in [-0.4, -0.2) is 13.6 Å². The van der Waals surface area contributed by atoms with Gasteiger partial charge in [-0.1, -0.05) is 50.3 Å². The molecule has 1 nitrogen and oxygen atoms in total. The molecule has 15 heavy (non-hydrogen) atoms. The van der Waals surface area contributed by atoms with Crippen molar-refractivity contribution in [2.75, 3.05) is 13.6 Å². The van der Waals surface area contributed by atoms with Gasteiger partial charge in [-0.25, -0.2) is 0 Å². The van der Waals surface area contributed by atoms with E-state index >= 15 is 0 Å². The lowest BCUT2D eigenvalue weighted by Gasteiger charge is -1.98. The topological polar surface area (TPSA) is 12.0 Å². The Hall–Kier alpha value is -1.08. The van der Waals surface area contributed by atoms with Crippen molar-refractivity contribution in [2.24, 2.45) is 0 Å². The average molecular weight is 205 g/mol. The van der Waals surface area contributed by atoms with Gasteiger partial charge in [-0.3, -0.25) is 0 Å². The zero-order valence-electron chi connectivity index (χ0n) is 10.4. The van der Waals surface area contributed by atoms with Gasteiger partial charge in [-0.2, -0.15) is 0 Å². The monoisotopic (exact) mass is 205 g/mol. The number of rotatable bonds is 4. The van der Waals surface area contributed by atoms with E-state index in [9.17, 15) is 0 Å². The summed E-state index contributed by atoms with van der Waals surface area (Å²) in [6, 6.07) is 8.42. The molecule has 0 aliphatic heterocycles. The van der Waals surface area contributed by atoms with Crippen molar-refractivity contribution in [3.05, 3.63) is 41.5 Å². The predicted molar refractivity (Wildman–Crippen MR) is 70.1 cm³/mol. The van der Waals surface area contributed by atoms with Crippen molar-refractivity contribution >= 4 is 6.08 Å². The highest BCUT2D eigenvalue weighted by Gasteiger charge is 1.89. The fourth-order valence-electron chi connectivity index (χ4n) is 1.21. The molecule has 0 radical (unpaired) electrons. The van der Waals surface area contributed by atoms with Gasteiger partial charge in [0.15, 0.2) is 0 Å². The number of benzene rings is 1. The highest BCUT2D eigenvalue weighted by Crippen LogP contribution is 2.08. The normalized spacial score (nSPS) is 9.87. The van der Waals surface area contributed by atoms with Crippen LogP contribution in [0.15, 0.2) is 30.3 Å². The van der Waals surface area contributed by atoms with Gasteiger partial charge in [0.05, 0.1) is 0 Å². The van der Waals surface area contributed by atoms with Gasteiger partial charge < -0.3 is 5.32 Å². The number of hydrogen-bond acceptors (Lipinski definition) is 1. The second-order valence-electron chi connectivity index (χ2n) is 3.15. The van der Waals surface area contributed by atoms with Gasteiger partial charge in [0.2, 0.25) is 0 Å². The Kier molecular flexibility index (Phi) is 8.79. The summed E-state index contributed by atoms with van der Waals surface area (Å²) in [6.07, 6.45) is 5.48. The van der Waals surface area contributed by atoms with E-state index in [1.165, 1.54) is 11.1 Å². The van der Waals surface area contributed by atoms with Crippen LogP contribution in [0.3, 0.4) is 0 Å². The summed E-state index contributed by atoms with van der Waals surface area (Å²) in [5.74, 6) is 0. The Morgan fingerprint density at radius 2 is 1.87 bits per heavy atom. The van der Waals surface area contributed by atoms with Gasteiger partial charge in [0.1, 0.15) is 0 Å². The molecule has 0 atom stereocenters. The zero-order chi connectivity index (χ0) is 11.5. The standard InChI is InChI=1S/C12H17N.C2H6/c1-11-7-3-4-8-12(11)9-5-6-10-13-2;1-2/h3-5,7-9,13H,6,10H2,1-2H3;1-2H3/b9-5-;. The lowest BCUT2D eigenvalue weighted by atomic mass is 10.1. The Morgan fingerprint density at radius 3 is 2.47 bits per heavy atom. The molecule has 1 rings (SSSR count). The largest absolute Gasteiger partial charge is 0.319 e. The molecule has 0 fully saturated rings. The third-order valence-corrected chi connectivity index (χ3v) is 2.05. The minimum Gasteiger partial charge on any atom is -0.319 e. The molecule has 0 heterocycles. The van der Waals surface area contributed by atoms with E-state index in [-0.39, 0.29) is 0 Å². The van der Waals surface area contributed by atoms with Crippen LogP contribution in [0.25, 0.3) is 6.08 Å². The summed E-state index contributed by atoms with van der Waals surface area (Å²) >= 11 is 0. The molecule has 1 aromatic rings. The van der Waals surface area contributed by atoms with Crippen LogP contribution in [0, 0.1) is 6.92 Å². The van der Waals surface area contributed by atoms with Crippen LogP contribution in [-0.2, 0) is 0 Å². The Labute approximate surface area is 94.2 Å². The lowest BCUT2D eigenvalue weighted by Crippen LogP contribution is -2.05. The molecule has 0 aromatic heterocycles. The maximum atomic E-state index is 3.12. The van der Waals surface area contributed by atoms with Gasteiger partial charge in [0, 0.05) is 0 Å². The Bertz CT molecular complexity index is 276. The van der Waals surface area contributed by atoms with Crippen molar-refractivity contribution in [2.45, 2.75) is 27.2 Å². The molecular formula is C14H23N. The number of hydrogen-bond donors (Lipinski definition) is 1. The zero-order valence-corrected chi connectivity index (χ0v) is 10.4. The maximum absolute atomic E-state index is 3.12. The highest BCUT2D eigenvalue weighted by molar-refractivity contribution is 5.53. The second kappa shape index (κ2) is 9.47. The van der Waals surface area contributed by atoms with Crippen molar-refractivity contribution in [3.8, 4) is 0 Å². The SMILES string of the molecule is CC.CNCC/C=C\c1ccccc1C. The number of nitrogens with one attached hydrogen (secondary N) is 1. The van der Waals surface area contributed by atoms with E-state index in [0.29, 0.717) is 0 Å². The van der Waals surface area contributed by atoms with Crippen LogP contribution in [0.2, 0.25) is 0 Å². The van der Waals surface area contributed by atoms with Crippen molar-refractivity contribution in [1.82, 2.24) is 5.32 Å². The van der Waals surface area contributed by atoms with Crippen LogP contribution in [0.4, 0.5) is 0 Å². The van der Waals surface area contributed by atoms with Gasteiger partial charge in [0.25, 0.3) is 0 Å². The molecule has 0 spiro atoms. The average Bonchev–Trinajstić information content (AvgIpc) is 2.29. The molecule has 1 heteroatoms. The predicted octanol–water partition coefficient (Wildman–Crippen LogP) is 3.64. The Morgan fingerprint density at radius 1 is 1.20 bits per heavy atom.